The lowest BCUT2D eigenvalue weighted by Crippen LogP contribution is -2.33. The van der Waals surface area contributed by atoms with Gasteiger partial charge in [0.05, 0.1) is 19.5 Å². The van der Waals surface area contributed by atoms with E-state index in [9.17, 15) is 15.3 Å². The maximum absolute atomic E-state index is 10.2. The maximum atomic E-state index is 10.2. The zero-order valence-electron chi connectivity index (χ0n) is 13.1. The first-order valence-corrected chi connectivity index (χ1v) is 8.63. The van der Waals surface area contributed by atoms with Crippen molar-refractivity contribution in [2.75, 3.05) is 11.9 Å². The van der Waals surface area contributed by atoms with Crippen LogP contribution in [0.2, 0.25) is 0 Å². The van der Waals surface area contributed by atoms with Gasteiger partial charge in [0.15, 0.2) is 23.2 Å². The van der Waals surface area contributed by atoms with Crippen molar-refractivity contribution in [3.63, 3.8) is 0 Å². The summed E-state index contributed by atoms with van der Waals surface area (Å²) in [7, 11) is 0. The molecule has 25 heavy (non-hydrogen) atoms. The highest BCUT2D eigenvalue weighted by Gasteiger charge is 2.44. The average molecular weight is 363 g/mol. The number of thiophene rings is 1. The quantitative estimate of drug-likeness (QED) is 0.503. The third-order valence-electron chi connectivity index (χ3n) is 4.16. The van der Waals surface area contributed by atoms with E-state index in [-0.39, 0.29) is 6.61 Å². The molecule has 3 aromatic rings. The molecule has 0 aromatic carbocycles. The van der Waals surface area contributed by atoms with E-state index in [1.54, 1.807) is 11.3 Å². The highest BCUT2D eigenvalue weighted by molar-refractivity contribution is 7.09. The van der Waals surface area contributed by atoms with Crippen LogP contribution < -0.4 is 5.32 Å². The van der Waals surface area contributed by atoms with Crippen molar-refractivity contribution in [3.8, 4) is 0 Å². The van der Waals surface area contributed by atoms with Crippen LogP contribution in [0.5, 0.6) is 0 Å². The Morgan fingerprint density at radius 3 is 2.84 bits per heavy atom. The molecule has 0 bridgehead atoms. The zero-order valence-corrected chi connectivity index (χ0v) is 13.9. The second kappa shape index (κ2) is 6.65. The Labute approximate surface area is 146 Å². The topological polar surface area (TPSA) is 126 Å². The number of nitrogens with zero attached hydrogens (tertiary/aromatic N) is 4. The second-order valence-corrected chi connectivity index (χ2v) is 6.74. The summed E-state index contributed by atoms with van der Waals surface area (Å²) in [6.45, 7) is 0.231. The molecule has 1 aliphatic heterocycles. The van der Waals surface area contributed by atoms with E-state index in [2.05, 4.69) is 20.3 Å². The number of hydrogen-bond acceptors (Lipinski definition) is 9. The average Bonchev–Trinajstić information content (AvgIpc) is 3.34. The summed E-state index contributed by atoms with van der Waals surface area (Å²) >= 11 is 1.64. The molecule has 1 aliphatic rings. The van der Waals surface area contributed by atoms with Gasteiger partial charge >= 0.3 is 0 Å². The third-order valence-corrected chi connectivity index (χ3v) is 5.04. The van der Waals surface area contributed by atoms with Crippen LogP contribution in [-0.4, -0.2) is 59.8 Å². The van der Waals surface area contributed by atoms with E-state index < -0.39 is 24.5 Å². The van der Waals surface area contributed by atoms with Gasteiger partial charge in [0, 0.05) is 4.88 Å². The van der Waals surface area contributed by atoms with Crippen LogP contribution in [0.15, 0.2) is 30.2 Å². The number of anilines is 1. The minimum atomic E-state index is -1.19. The van der Waals surface area contributed by atoms with Crippen LogP contribution in [0, 0.1) is 0 Å². The highest BCUT2D eigenvalue weighted by Crippen LogP contribution is 2.32. The van der Waals surface area contributed by atoms with Gasteiger partial charge in [-0.05, 0) is 11.4 Å². The summed E-state index contributed by atoms with van der Waals surface area (Å²) < 4.78 is 7.08. The minimum Gasteiger partial charge on any atom is -0.394 e. The van der Waals surface area contributed by atoms with Gasteiger partial charge in [0.1, 0.15) is 24.6 Å². The van der Waals surface area contributed by atoms with Crippen LogP contribution in [0.1, 0.15) is 11.1 Å². The zero-order chi connectivity index (χ0) is 17.4. The number of aliphatic hydroxyl groups excluding tert-OH is 3. The lowest BCUT2D eigenvalue weighted by atomic mass is 10.1. The van der Waals surface area contributed by atoms with E-state index in [4.69, 9.17) is 4.74 Å². The fraction of sp³-hybridized carbons (Fsp3) is 0.400. The fourth-order valence-electron chi connectivity index (χ4n) is 2.86. The summed E-state index contributed by atoms with van der Waals surface area (Å²) in [6, 6.07) is 4.00. The number of fused-ring (bicyclic) bond motifs is 1. The molecule has 10 heteroatoms. The van der Waals surface area contributed by atoms with Crippen molar-refractivity contribution in [2.24, 2.45) is 0 Å². The molecule has 0 amide bonds. The van der Waals surface area contributed by atoms with E-state index in [1.165, 1.54) is 17.2 Å². The SMILES string of the molecule is OC[C@H]1O[C@@H](n2cnc3c(NCc4cccs4)ncnc32)[C@@H](O)C1O. The molecule has 9 nitrogen and oxygen atoms in total. The Hall–Kier alpha value is -2.11. The Balaban J connectivity index is 1.63. The Bertz CT molecular complexity index is 855. The largest absolute Gasteiger partial charge is 0.394 e. The van der Waals surface area contributed by atoms with E-state index >= 15 is 0 Å². The predicted molar refractivity (Wildman–Crippen MR) is 90.0 cm³/mol. The number of ether oxygens (including phenoxy) is 1. The molecule has 3 aromatic heterocycles. The number of hydrogen-bond donors (Lipinski definition) is 4. The molecule has 132 valence electrons. The molecule has 4 N–H and O–H groups in total. The van der Waals surface area contributed by atoms with E-state index in [1.807, 2.05) is 17.5 Å². The summed E-state index contributed by atoms with van der Waals surface area (Å²) in [6.07, 6.45) is -1.21. The van der Waals surface area contributed by atoms with Gasteiger partial charge in [0.25, 0.3) is 0 Å². The normalized spacial score (nSPS) is 26.4. The van der Waals surface area contributed by atoms with Crippen LogP contribution in [0.3, 0.4) is 0 Å². The number of aliphatic hydroxyl groups is 3. The fourth-order valence-corrected chi connectivity index (χ4v) is 3.51. The monoisotopic (exact) mass is 363 g/mol. The summed E-state index contributed by atoms with van der Waals surface area (Å²) in [5.41, 5.74) is 1.01. The lowest BCUT2D eigenvalue weighted by molar-refractivity contribution is -0.0511. The molecule has 0 saturated carbocycles. The lowest BCUT2D eigenvalue weighted by Gasteiger charge is -2.16. The van der Waals surface area contributed by atoms with Gasteiger partial charge in [-0.3, -0.25) is 4.57 Å². The van der Waals surface area contributed by atoms with Crippen LogP contribution in [0.25, 0.3) is 11.2 Å². The van der Waals surface area contributed by atoms with Gasteiger partial charge in [-0.25, -0.2) is 15.0 Å². The molecule has 0 radical (unpaired) electrons. The first-order chi connectivity index (χ1) is 12.2. The van der Waals surface area contributed by atoms with Gasteiger partial charge < -0.3 is 25.4 Å². The van der Waals surface area contributed by atoms with Gasteiger partial charge in [-0.15, -0.1) is 11.3 Å². The van der Waals surface area contributed by atoms with Gasteiger partial charge in [0.2, 0.25) is 0 Å². The number of imidazole rings is 1. The summed E-state index contributed by atoms with van der Waals surface area (Å²) in [5.74, 6) is 0.573. The van der Waals surface area contributed by atoms with Gasteiger partial charge in [-0.1, -0.05) is 6.07 Å². The van der Waals surface area contributed by atoms with Crippen LogP contribution >= 0.6 is 11.3 Å². The molecule has 1 unspecified atom stereocenters. The summed E-state index contributed by atoms with van der Waals surface area (Å²) in [4.78, 5) is 13.9. The van der Waals surface area contributed by atoms with Gasteiger partial charge in [-0.2, -0.15) is 0 Å². The molecule has 4 atom stereocenters. The van der Waals surface area contributed by atoms with Crippen molar-refractivity contribution in [1.29, 1.82) is 0 Å². The molecule has 0 spiro atoms. The Kier molecular flexibility index (Phi) is 4.36. The molecule has 1 saturated heterocycles. The Morgan fingerprint density at radius 1 is 1.24 bits per heavy atom. The first-order valence-electron chi connectivity index (χ1n) is 7.75. The third kappa shape index (κ3) is 2.87. The molecular weight excluding hydrogens is 346 g/mol. The highest BCUT2D eigenvalue weighted by atomic mass is 32.1. The van der Waals surface area contributed by atoms with Crippen molar-refractivity contribution in [3.05, 3.63) is 35.0 Å². The first kappa shape index (κ1) is 16.4. The van der Waals surface area contributed by atoms with E-state index in [0.717, 1.165) is 4.88 Å². The number of rotatable bonds is 5. The number of aromatic nitrogens is 4. The van der Waals surface area contributed by atoms with Crippen molar-refractivity contribution < 1.29 is 20.1 Å². The van der Waals surface area contributed by atoms with Crippen molar-refractivity contribution in [1.82, 2.24) is 19.5 Å². The van der Waals surface area contributed by atoms with Crippen molar-refractivity contribution in [2.45, 2.75) is 31.1 Å². The van der Waals surface area contributed by atoms with E-state index in [0.29, 0.717) is 23.5 Å². The van der Waals surface area contributed by atoms with Crippen LogP contribution in [0.4, 0.5) is 5.82 Å². The molecule has 1 fully saturated rings. The molecule has 4 rings (SSSR count). The minimum absolute atomic E-state index is 0.385. The second-order valence-electron chi connectivity index (χ2n) is 5.71. The van der Waals surface area contributed by atoms with Crippen molar-refractivity contribution >= 4 is 28.3 Å². The molecule has 0 aliphatic carbocycles. The summed E-state index contributed by atoms with van der Waals surface area (Å²) in [5, 5.41) is 34.6. The number of nitrogens with one attached hydrogen (secondary N) is 1. The molecular formula is C15H17N5O4S. The predicted octanol–water partition coefficient (Wildman–Crippen LogP) is 0.111. The Morgan fingerprint density at radius 2 is 2.12 bits per heavy atom. The molecule has 4 heterocycles. The van der Waals surface area contributed by atoms with Crippen LogP contribution in [-0.2, 0) is 11.3 Å². The standard InChI is InChI=1S/C15H17N5O4S/c21-5-9-11(22)12(23)15(24-9)20-7-19-10-13(17-6-18-14(10)20)16-4-8-2-1-3-25-8/h1-3,6-7,9,11-12,15,21-23H,4-5H2,(H,16,17,18)/t9-,11?,12+,15-/m1/s1. The maximum Gasteiger partial charge on any atom is 0.167 e. The smallest absolute Gasteiger partial charge is 0.167 e.